The highest BCUT2D eigenvalue weighted by Crippen LogP contribution is 2.40. The summed E-state index contributed by atoms with van der Waals surface area (Å²) in [5.74, 6) is 0.630. The molecule has 6 nitrogen and oxygen atoms in total. The fraction of sp³-hybridized carbons (Fsp3) is 0.294. The number of nitrogens with zero attached hydrogens (tertiary/aromatic N) is 5. The minimum atomic E-state index is -0.482. The van der Waals surface area contributed by atoms with Crippen molar-refractivity contribution in [3.63, 3.8) is 0 Å². The van der Waals surface area contributed by atoms with Crippen LogP contribution in [0.1, 0.15) is 11.1 Å². The Kier molecular flexibility index (Phi) is 4.45. The molecule has 134 valence electrons. The summed E-state index contributed by atoms with van der Waals surface area (Å²) in [6, 6.07) is 9.49. The Bertz CT molecular complexity index is 974. The highest BCUT2D eigenvalue weighted by Gasteiger charge is 2.40. The highest BCUT2D eigenvalue weighted by molar-refractivity contribution is 7.19. The number of thiophene rings is 1. The van der Waals surface area contributed by atoms with E-state index >= 15 is 0 Å². The number of likely N-dealkylation sites (N-methyl/N-ethyl adjacent to an activating group) is 1. The normalized spacial score (nSPS) is 19.3. The molecule has 1 aromatic heterocycles. The summed E-state index contributed by atoms with van der Waals surface area (Å²) in [6.45, 7) is 0.648. The molecule has 2 aromatic rings. The number of hydroxylamine groups is 3. The Morgan fingerprint density at radius 2 is 2.04 bits per heavy atom. The lowest BCUT2D eigenvalue weighted by Gasteiger charge is -2.31. The summed E-state index contributed by atoms with van der Waals surface area (Å²) in [4.78, 5) is 4.77. The zero-order valence-corrected chi connectivity index (χ0v) is 16.5. The molecule has 3 heterocycles. The predicted octanol–water partition coefficient (Wildman–Crippen LogP) is 4.31. The zero-order chi connectivity index (χ0) is 18.5. The third-order valence-corrected chi connectivity index (χ3v) is 5.70. The number of hydrogen-bond donors (Lipinski definition) is 0. The molecule has 4 rings (SSSR count). The van der Waals surface area contributed by atoms with Gasteiger partial charge in [-0.3, -0.25) is 4.99 Å². The number of fused-ring (bicyclic) bond motifs is 3. The number of quaternary nitrogens is 1. The average Bonchev–Trinajstić information content (AvgIpc) is 3.07. The molecule has 0 saturated carbocycles. The van der Waals surface area contributed by atoms with Crippen LogP contribution in [0.2, 0.25) is 9.36 Å². The molecule has 0 spiro atoms. The lowest BCUT2D eigenvalue weighted by Crippen LogP contribution is -2.39. The Morgan fingerprint density at radius 1 is 1.27 bits per heavy atom. The Hall–Kier alpha value is -1.64. The van der Waals surface area contributed by atoms with Gasteiger partial charge in [0.05, 0.1) is 34.8 Å². The van der Waals surface area contributed by atoms with E-state index in [2.05, 4.69) is 10.2 Å². The largest absolute Gasteiger partial charge is 0.633 e. The van der Waals surface area contributed by atoms with Gasteiger partial charge in [-0.25, -0.2) is 0 Å². The van der Waals surface area contributed by atoms with Crippen LogP contribution in [0.15, 0.2) is 45.6 Å². The third-order valence-electron chi connectivity index (χ3n) is 4.10. The van der Waals surface area contributed by atoms with Crippen molar-refractivity contribution in [3.8, 4) is 0 Å². The van der Waals surface area contributed by atoms with Crippen molar-refractivity contribution in [1.82, 2.24) is 0 Å². The Balaban J connectivity index is 1.89. The molecule has 9 heteroatoms. The van der Waals surface area contributed by atoms with E-state index in [-0.39, 0.29) is 12.7 Å². The summed E-state index contributed by atoms with van der Waals surface area (Å²) in [5, 5.41) is 22.3. The van der Waals surface area contributed by atoms with E-state index in [9.17, 15) is 5.21 Å². The van der Waals surface area contributed by atoms with Crippen LogP contribution in [-0.2, 0) is 0 Å². The van der Waals surface area contributed by atoms with Gasteiger partial charge in [0.25, 0.3) is 6.17 Å². The molecule has 1 atom stereocenters. The van der Waals surface area contributed by atoms with Crippen LogP contribution in [0.5, 0.6) is 0 Å². The van der Waals surface area contributed by atoms with Gasteiger partial charge in [0, 0.05) is 10.6 Å². The average molecular weight is 409 g/mol. The SMILES string of the molecule is C[N+](C)([O-])CC1=[N+]2c3sc(Cl)cc3C(c3ccccc3Cl)=NCC2N=N1. The van der Waals surface area contributed by atoms with E-state index < -0.39 is 4.65 Å². The van der Waals surface area contributed by atoms with Crippen molar-refractivity contribution in [2.75, 3.05) is 27.2 Å². The highest BCUT2D eigenvalue weighted by atomic mass is 35.5. The van der Waals surface area contributed by atoms with Crippen LogP contribution in [-0.4, -0.2) is 54.1 Å². The van der Waals surface area contributed by atoms with Crippen molar-refractivity contribution in [2.45, 2.75) is 6.17 Å². The number of aliphatic imine (C=N–C) groups is 1. The molecule has 2 aliphatic heterocycles. The molecule has 0 aliphatic carbocycles. The van der Waals surface area contributed by atoms with Gasteiger partial charge in [-0.1, -0.05) is 52.7 Å². The number of halogens is 2. The molecule has 0 fully saturated rings. The molecule has 1 unspecified atom stereocenters. The molecule has 0 amide bonds. The van der Waals surface area contributed by atoms with Crippen molar-refractivity contribution in [3.05, 3.63) is 56.0 Å². The molecule has 0 bridgehead atoms. The lowest BCUT2D eigenvalue weighted by molar-refractivity contribution is -0.832. The minimum Gasteiger partial charge on any atom is -0.633 e. The van der Waals surface area contributed by atoms with Gasteiger partial charge < -0.3 is 9.85 Å². The molecule has 1 aromatic carbocycles. The molecule has 26 heavy (non-hydrogen) atoms. The van der Waals surface area contributed by atoms with E-state index in [1.54, 1.807) is 14.1 Å². The Labute approximate surface area is 164 Å². The second kappa shape index (κ2) is 6.51. The van der Waals surface area contributed by atoms with E-state index in [0.717, 1.165) is 21.8 Å². The number of hydrogen-bond acceptors (Lipinski definition) is 5. The van der Waals surface area contributed by atoms with Gasteiger partial charge in [0.1, 0.15) is 6.54 Å². The van der Waals surface area contributed by atoms with Crippen LogP contribution in [0.4, 0.5) is 5.00 Å². The van der Waals surface area contributed by atoms with Crippen molar-refractivity contribution < 1.29 is 9.22 Å². The molecule has 0 saturated heterocycles. The standard InChI is InChI=1S/C17H16Cl2N5OS/c1-24(2,25)9-15-22-21-14-8-20-16(10-5-3-4-6-12(10)18)11-7-13(19)26-17(11)23(14)15/h3-7,14H,8-9H2,1-2H3/q+1. The van der Waals surface area contributed by atoms with Gasteiger partial charge in [0.15, 0.2) is 11.5 Å². The molecule has 0 radical (unpaired) electrons. The smallest absolute Gasteiger partial charge is 0.384 e. The van der Waals surface area contributed by atoms with Crippen LogP contribution < -0.4 is 0 Å². The quantitative estimate of drug-likeness (QED) is 0.423. The van der Waals surface area contributed by atoms with Crippen LogP contribution in [0, 0.1) is 5.21 Å². The summed E-state index contributed by atoms with van der Waals surface area (Å²) in [6.07, 6.45) is -0.273. The maximum atomic E-state index is 12.2. The number of amidine groups is 1. The van der Waals surface area contributed by atoms with Crippen LogP contribution >= 0.6 is 34.5 Å². The van der Waals surface area contributed by atoms with E-state index in [4.69, 9.17) is 28.2 Å². The molecular formula is C17H16Cl2N5OS+. The maximum absolute atomic E-state index is 12.2. The van der Waals surface area contributed by atoms with E-state index in [1.165, 1.54) is 11.3 Å². The minimum absolute atomic E-state index is 0.219. The van der Waals surface area contributed by atoms with Gasteiger partial charge >= 0.3 is 5.84 Å². The van der Waals surface area contributed by atoms with E-state index in [1.807, 2.05) is 34.9 Å². The second-order valence-electron chi connectivity index (χ2n) is 6.65. The van der Waals surface area contributed by atoms with Crippen molar-refractivity contribution >= 4 is 51.1 Å². The third kappa shape index (κ3) is 3.21. The first kappa shape index (κ1) is 17.8. The lowest BCUT2D eigenvalue weighted by atomic mass is 10.0. The fourth-order valence-corrected chi connectivity index (χ4v) is 4.57. The molecular weight excluding hydrogens is 393 g/mol. The first-order chi connectivity index (χ1) is 12.3. The number of benzene rings is 1. The van der Waals surface area contributed by atoms with Crippen LogP contribution in [0.25, 0.3) is 0 Å². The monoisotopic (exact) mass is 408 g/mol. The van der Waals surface area contributed by atoms with Gasteiger partial charge in [-0.2, -0.15) is 4.58 Å². The number of azo groups is 1. The van der Waals surface area contributed by atoms with Gasteiger partial charge in [-0.05, 0) is 17.2 Å². The summed E-state index contributed by atoms with van der Waals surface area (Å²) < 4.78 is 2.14. The Morgan fingerprint density at radius 3 is 2.77 bits per heavy atom. The number of rotatable bonds is 3. The first-order valence-corrected chi connectivity index (χ1v) is 9.60. The predicted molar refractivity (Wildman–Crippen MR) is 105 cm³/mol. The van der Waals surface area contributed by atoms with Gasteiger partial charge in [-0.15, -0.1) is 0 Å². The summed E-state index contributed by atoms with van der Waals surface area (Å²) >= 11 is 14.2. The molecule has 2 aliphatic rings. The van der Waals surface area contributed by atoms with Crippen LogP contribution in [0.3, 0.4) is 0 Å². The van der Waals surface area contributed by atoms with E-state index in [0.29, 0.717) is 21.7 Å². The summed E-state index contributed by atoms with van der Waals surface area (Å²) in [7, 11) is 3.17. The van der Waals surface area contributed by atoms with Gasteiger partial charge in [0.2, 0.25) is 0 Å². The molecule has 0 N–H and O–H groups in total. The topological polar surface area (TPSA) is 63.1 Å². The maximum Gasteiger partial charge on any atom is 0.384 e. The zero-order valence-electron chi connectivity index (χ0n) is 14.2. The summed E-state index contributed by atoms with van der Waals surface area (Å²) in [5.41, 5.74) is 2.52. The second-order valence-corrected chi connectivity index (χ2v) is 8.72. The fourth-order valence-electron chi connectivity index (χ4n) is 3.07. The van der Waals surface area contributed by atoms with Crippen molar-refractivity contribution in [1.29, 1.82) is 0 Å². The first-order valence-electron chi connectivity index (χ1n) is 8.02. The van der Waals surface area contributed by atoms with Crippen molar-refractivity contribution in [2.24, 2.45) is 15.2 Å².